The van der Waals surface area contributed by atoms with Crippen LogP contribution in [0.25, 0.3) is 11.1 Å². The first-order valence-corrected chi connectivity index (χ1v) is 6.20. The molecule has 104 valence electrons. The number of rotatable bonds is 1. The molecule has 0 radical (unpaired) electrons. The fourth-order valence-electron chi connectivity index (χ4n) is 1.87. The van der Waals surface area contributed by atoms with E-state index in [1.807, 2.05) is 0 Å². The van der Waals surface area contributed by atoms with Crippen molar-refractivity contribution in [2.24, 2.45) is 0 Å². The number of hydrogen-bond acceptors (Lipinski definition) is 5. The number of H-pyrrole nitrogens is 1. The van der Waals surface area contributed by atoms with Crippen molar-refractivity contribution in [2.45, 2.75) is 0 Å². The maximum atomic E-state index is 11.8. The van der Waals surface area contributed by atoms with E-state index >= 15 is 0 Å². The lowest BCUT2D eigenvalue weighted by molar-refractivity contribution is 0.477. The molecule has 1 aromatic heterocycles. The van der Waals surface area contributed by atoms with Gasteiger partial charge in [0.25, 0.3) is 5.56 Å². The van der Waals surface area contributed by atoms with Gasteiger partial charge in [0.1, 0.15) is 34.8 Å². The molecule has 4 N–H and O–H groups in total. The van der Waals surface area contributed by atoms with Crippen molar-refractivity contribution in [3.63, 3.8) is 0 Å². The largest absolute Gasteiger partial charge is 0.506 e. The first kappa shape index (κ1) is 14.7. The van der Waals surface area contributed by atoms with Crippen molar-refractivity contribution >= 4 is 29.0 Å². The van der Waals surface area contributed by atoms with Crippen LogP contribution in [0.3, 0.4) is 0 Å². The van der Waals surface area contributed by atoms with Crippen molar-refractivity contribution < 1.29 is 5.11 Å². The van der Waals surface area contributed by atoms with E-state index in [2.05, 4.69) is 4.98 Å². The molecule has 0 aliphatic carbocycles. The summed E-state index contributed by atoms with van der Waals surface area (Å²) in [6, 6.07) is 6.05. The van der Waals surface area contributed by atoms with Crippen LogP contribution in [0.4, 0.5) is 5.82 Å². The van der Waals surface area contributed by atoms with E-state index in [4.69, 9.17) is 34.2 Å². The summed E-state index contributed by atoms with van der Waals surface area (Å²) in [6.45, 7) is 0. The third-order valence-corrected chi connectivity index (χ3v) is 3.27. The van der Waals surface area contributed by atoms with Gasteiger partial charge in [0.05, 0.1) is 5.02 Å². The van der Waals surface area contributed by atoms with Gasteiger partial charge in [0, 0.05) is 16.1 Å². The zero-order valence-electron chi connectivity index (χ0n) is 10.2. The monoisotopic (exact) mass is 320 g/mol. The zero-order chi connectivity index (χ0) is 15.7. The predicted octanol–water partition coefficient (Wildman–Crippen LogP) is 2.38. The van der Waals surface area contributed by atoms with Crippen LogP contribution in [0.1, 0.15) is 11.1 Å². The van der Waals surface area contributed by atoms with Gasteiger partial charge in [-0.1, -0.05) is 23.2 Å². The summed E-state index contributed by atoms with van der Waals surface area (Å²) >= 11 is 11.7. The van der Waals surface area contributed by atoms with Crippen LogP contribution >= 0.6 is 23.2 Å². The number of anilines is 1. The Kier molecular flexibility index (Phi) is 3.77. The Labute approximate surface area is 128 Å². The van der Waals surface area contributed by atoms with Crippen molar-refractivity contribution in [3.05, 3.63) is 43.7 Å². The van der Waals surface area contributed by atoms with Crippen molar-refractivity contribution in [1.82, 2.24) is 4.98 Å². The lowest BCUT2D eigenvalue weighted by Crippen LogP contribution is -2.16. The Bertz CT molecular complexity index is 891. The number of nitrogen functional groups attached to an aromatic ring is 1. The van der Waals surface area contributed by atoms with Crippen molar-refractivity contribution in [2.75, 3.05) is 5.73 Å². The fraction of sp³-hybridized carbons (Fsp3) is 0. The molecule has 0 aliphatic rings. The van der Waals surface area contributed by atoms with Crippen molar-refractivity contribution in [1.29, 1.82) is 10.5 Å². The summed E-state index contributed by atoms with van der Waals surface area (Å²) in [4.78, 5) is 14.0. The molecule has 0 fully saturated rings. The van der Waals surface area contributed by atoms with E-state index < -0.39 is 11.3 Å². The van der Waals surface area contributed by atoms with Gasteiger partial charge in [0.15, 0.2) is 0 Å². The van der Waals surface area contributed by atoms with Gasteiger partial charge in [-0.25, -0.2) is 0 Å². The third kappa shape index (κ3) is 2.38. The highest BCUT2D eigenvalue weighted by Crippen LogP contribution is 2.40. The second kappa shape index (κ2) is 5.37. The van der Waals surface area contributed by atoms with Gasteiger partial charge >= 0.3 is 0 Å². The Morgan fingerprint density at radius 3 is 2.38 bits per heavy atom. The highest BCUT2D eigenvalue weighted by molar-refractivity contribution is 6.36. The lowest BCUT2D eigenvalue weighted by Gasteiger charge is -2.11. The normalized spacial score (nSPS) is 9.90. The second-order valence-electron chi connectivity index (χ2n) is 4.00. The summed E-state index contributed by atoms with van der Waals surface area (Å²) in [5.74, 6) is -0.619. The predicted molar refractivity (Wildman–Crippen MR) is 78.0 cm³/mol. The van der Waals surface area contributed by atoms with Crippen LogP contribution in [-0.2, 0) is 0 Å². The van der Waals surface area contributed by atoms with E-state index in [9.17, 15) is 15.2 Å². The molecule has 2 aromatic rings. The number of pyridine rings is 1. The molecule has 2 rings (SSSR count). The van der Waals surface area contributed by atoms with E-state index in [0.717, 1.165) is 0 Å². The number of aromatic nitrogens is 1. The molecule has 0 atom stereocenters. The summed E-state index contributed by atoms with van der Waals surface area (Å²) in [7, 11) is 0. The molecule has 0 unspecified atom stereocenters. The lowest BCUT2D eigenvalue weighted by atomic mass is 9.96. The van der Waals surface area contributed by atoms with E-state index in [-0.39, 0.29) is 38.1 Å². The topological polar surface area (TPSA) is 127 Å². The minimum atomic E-state index is -0.778. The Morgan fingerprint density at radius 1 is 1.19 bits per heavy atom. The minimum Gasteiger partial charge on any atom is -0.506 e. The van der Waals surface area contributed by atoms with E-state index in [0.29, 0.717) is 0 Å². The highest BCUT2D eigenvalue weighted by atomic mass is 35.5. The van der Waals surface area contributed by atoms with Gasteiger partial charge in [-0.3, -0.25) is 4.79 Å². The van der Waals surface area contributed by atoms with Gasteiger partial charge < -0.3 is 15.8 Å². The summed E-state index contributed by atoms with van der Waals surface area (Å²) in [5.41, 5.74) is 4.16. The first-order valence-electron chi connectivity index (χ1n) is 5.45. The number of aromatic amines is 1. The number of benzene rings is 1. The van der Waals surface area contributed by atoms with Crippen LogP contribution in [0, 0.1) is 22.7 Å². The molecule has 0 saturated heterocycles. The molecule has 0 saturated carbocycles. The SMILES string of the molecule is N#Cc1c(N)[nH]c(=O)c(C#N)c1-c1cc(Cl)cc(Cl)c1O. The maximum Gasteiger partial charge on any atom is 0.268 e. The number of hydrogen-bond donors (Lipinski definition) is 3. The van der Waals surface area contributed by atoms with Crippen LogP contribution in [0.5, 0.6) is 5.75 Å². The fourth-order valence-corrected chi connectivity index (χ4v) is 2.36. The molecule has 1 heterocycles. The van der Waals surface area contributed by atoms with Crippen LogP contribution < -0.4 is 11.3 Å². The molecule has 0 spiro atoms. The number of halogens is 2. The molecule has 21 heavy (non-hydrogen) atoms. The number of phenols is 1. The maximum absolute atomic E-state index is 11.8. The quantitative estimate of drug-likeness (QED) is 0.743. The number of aromatic hydroxyl groups is 1. The third-order valence-electron chi connectivity index (χ3n) is 2.77. The Morgan fingerprint density at radius 2 is 1.81 bits per heavy atom. The standard InChI is InChI=1S/C13H6Cl2N4O2/c14-5-1-6(11(20)9(15)2-5)10-7(3-16)12(18)19-13(21)8(10)4-17/h1-2,20H,(H3,18,19,21). The smallest absolute Gasteiger partial charge is 0.268 e. The average Bonchev–Trinajstić information content (AvgIpc) is 2.42. The summed E-state index contributed by atoms with van der Waals surface area (Å²) in [5, 5.41) is 28.4. The van der Waals surface area contributed by atoms with Crippen LogP contribution in [0.2, 0.25) is 10.0 Å². The summed E-state index contributed by atoms with van der Waals surface area (Å²) < 4.78 is 0. The summed E-state index contributed by atoms with van der Waals surface area (Å²) in [6.07, 6.45) is 0. The Balaban J connectivity index is 3.04. The molecule has 1 aromatic carbocycles. The highest BCUT2D eigenvalue weighted by Gasteiger charge is 2.22. The molecular formula is C13H6Cl2N4O2. The molecule has 6 nitrogen and oxygen atoms in total. The molecular weight excluding hydrogens is 315 g/mol. The molecule has 8 heteroatoms. The zero-order valence-corrected chi connectivity index (χ0v) is 11.7. The van der Waals surface area contributed by atoms with Crippen LogP contribution in [-0.4, -0.2) is 10.1 Å². The van der Waals surface area contributed by atoms with Gasteiger partial charge in [-0.05, 0) is 12.1 Å². The average molecular weight is 321 g/mol. The number of nitriles is 2. The molecule has 0 amide bonds. The minimum absolute atomic E-state index is 0.0154. The molecule has 0 bridgehead atoms. The van der Waals surface area contributed by atoms with Gasteiger partial charge in [-0.15, -0.1) is 0 Å². The van der Waals surface area contributed by atoms with Crippen LogP contribution in [0.15, 0.2) is 16.9 Å². The van der Waals surface area contributed by atoms with E-state index in [1.165, 1.54) is 12.1 Å². The van der Waals surface area contributed by atoms with Gasteiger partial charge in [0.2, 0.25) is 0 Å². The first-order chi connectivity index (χ1) is 9.90. The number of phenolic OH excluding ortho intramolecular Hbond substituents is 1. The Hall–Kier alpha value is -2.67. The number of nitrogens with two attached hydrogens (primary N) is 1. The molecule has 0 aliphatic heterocycles. The second-order valence-corrected chi connectivity index (χ2v) is 4.84. The number of nitrogens with one attached hydrogen (secondary N) is 1. The number of nitrogens with zero attached hydrogens (tertiary/aromatic N) is 2. The van der Waals surface area contributed by atoms with E-state index in [1.54, 1.807) is 12.1 Å². The van der Waals surface area contributed by atoms with Crippen molar-refractivity contribution in [3.8, 4) is 29.0 Å². The van der Waals surface area contributed by atoms with Gasteiger partial charge in [-0.2, -0.15) is 10.5 Å².